The number of carbonyl (C=O) groups is 1. The number of hydrogen-bond acceptors (Lipinski definition) is 5. The molecule has 0 aliphatic heterocycles. The van der Waals surface area contributed by atoms with Crippen LogP contribution in [0.15, 0.2) is 30.3 Å². The lowest BCUT2D eigenvalue weighted by molar-refractivity contribution is 0.106. The van der Waals surface area contributed by atoms with Crippen LogP contribution < -0.4 is 5.32 Å². The summed E-state index contributed by atoms with van der Waals surface area (Å²) in [5, 5.41) is 11.0. The third kappa shape index (κ3) is 8.24. The third-order valence-electron chi connectivity index (χ3n) is 2.68. The Balaban J connectivity index is 2.83. The highest BCUT2D eigenvalue weighted by Gasteiger charge is 2.36. The van der Waals surface area contributed by atoms with Crippen LogP contribution in [0.2, 0.25) is 0 Å². The van der Waals surface area contributed by atoms with Crippen molar-refractivity contribution in [3.05, 3.63) is 35.9 Å². The lowest BCUT2D eigenvalue weighted by atomic mass is 10.0. The zero-order valence-corrected chi connectivity index (χ0v) is 13.8. The molecular formula is C11H17NO9P2. The Kier molecular flexibility index (Phi) is 6.91. The van der Waals surface area contributed by atoms with Crippen molar-refractivity contribution in [3.8, 4) is 0 Å². The fraction of sp³-hybridized carbons (Fsp3) is 0.364. The number of benzene rings is 1. The average Bonchev–Trinajstić information content (AvgIpc) is 2.35. The van der Waals surface area contributed by atoms with Gasteiger partial charge in [-0.2, -0.15) is 4.31 Å². The first-order valence-corrected chi connectivity index (χ1v) is 9.32. The molecule has 0 radical (unpaired) electrons. The van der Waals surface area contributed by atoms with E-state index in [1.807, 2.05) is 0 Å². The minimum atomic E-state index is -5.24. The van der Waals surface area contributed by atoms with E-state index in [9.17, 15) is 18.8 Å². The van der Waals surface area contributed by atoms with Crippen LogP contribution in [-0.4, -0.2) is 38.0 Å². The van der Waals surface area contributed by atoms with E-state index in [0.29, 0.717) is 0 Å². The highest BCUT2D eigenvalue weighted by Crippen LogP contribution is 2.58. The molecule has 0 aliphatic rings. The van der Waals surface area contributed by atoms with Crippen molar-refractivity contribution in [2.75, 3.05) is 0 Å². The van der Waals surface area contributed by atoms with E-state index in [1.54, 1.807) is 30.3 Å². The summed E-state index contributed by atoms with van der Waals surface area (Å²) in [4.78, 5) is 37.3. The van der Waals surface area contributed by atoms with Crippen LogP contribution in [0.1, 0.15) is 12.5 Å². The summed E-state index contributed by atoms with van der Waals surface area (Å²) in [5.41, 5.74) is 0.727. The van der Waals surface area contributed by atoms with Gasteiger partial charge < -0.3 is 25.1 Å². The Morgan fingerprint density at radius 2 is 1.78 bits per heavy atom. The van der Waals surface area contributed by atoms with Gasteiger partial charge >= 0.3 is 21.7 Å². The minimum absolute atomic E-state index is 0.129. The topological polar surface area (TPSA) is 163 Å². The molecule has 1 rings (SSSR count). The summed E-state index contributed by atoms with van der Waals surface area (Å²) in [6, 6.07) is 7.70. The first kappa shape index (κ1) is 19.8. The van der Waals surface area contributed by atoms with Crippen LogP contribution in [0.25, 0.3) is 0 Å². The van der Waals surface area contributed by atoms with Crippen molar-refractivity contribution in [2.24, 2.45) is 0 Å². The summed E-state index contributed by atoms with van der Waals surface area (Å²) in [6.45, 7) is 1.27. The molecule has 12 heteroatoms. The van der Waals surface area contributed by atoms with E-state index in [-0.39, 0.29) is 6.42 Å². The Labute approximate surface area is 131 Å². The van der Waals surface area contributed by atoms with Crippen molar-refractivity contribution < 1.29 is 42.5 Å². The second-order valence-corrected chi connectivity index (χ2v) is 7.38. The van der Waals surface area contributed by atoms with Gasteiger partial charge in [0.2, 0.25) is 0 Å². The predicted octanol–water partition coefficient (Wildman–Crippen LogP) is 1.48. The first-order valence-electron chi connectivity index (χ1n) is 6.30. The quantitative estimate of drug-likeness (QED) is 0.427. The molecule has 0 heterocycles. The number of amides is 1. The molecule has 0 saturated heterocycles. The lowest BCUT2D eigenvalue weighted by Gasteiger charge is -2.25. The fourth-order valence-corrected chi connectivity index (χ4v) is 3.59. The molecule has 23 heavy (non-hydrogen) atoms. The van der Waals surface area contributed by atoms with Crippen molar-refractivity contribution in [3.63, 3.8) is 0 Å². The largest absolute Gasteiger partial charge is 0.481 e. The molecule has 3 unspecified atom stereocenters. The van der Waals surface area contributed by atoms with Crippen LogP contribution in [0.5, 0.6) is 0 Å². The van der Waals surface area contributed by atoms with Gasteiger partial charge in [-0.3, -0.25) is 4.52 Å². The molecular weight excluding hydrogens is 352 g/mol. The van der Waals surface area contributed by atoms with Gasteiger partial charge in [0.25, 0.3) is 0 Å². The van der Waals surface area contributed by atoms with Crippen molar-refractivity contribution >= 4 is 21.7 Å². The maximum atomic E-state index is 11.5. The second kappa shape index (κ2) is 8.03. The average molecular weight is 369 g/mol. The minimum Gasteiger partial charge on any atom is -0.465 e. The van der Waals surface area contributed by atoms with Gasteiger partial charge in [-0.1, -0.05) is 30.3 Å². The van der Waals surface area contributed by atoms with Crippen molar-refractivity contribution in [1.29, 1.82) is 0 Å². The predicted molar refractivity (Wildman–Crippen MR) is 78.6 cm³/mol. The van der Waals surface area contributed by atoms with E-state index in [0.717, 1.165) is 5.56 Å². The molecule has 3 atom stereocenters. The number of phosphoric ester groups is 1. The number of phosphoric acid groups is 2. The second-order valence-electron chi connectivity index (χ2n) is 4.60. The lowest BCUT2D eigenvalue weighted by Crippen LogP contribution is -2.43. The SMILES string of the molecule is CC(OP(=O)(O)OP(=O)(O)O)C(Cc1ccccc1)NC(=O)O. The van der Waals surface area contributed by atoms with Gasteiger partial charge in [0.1, 0.15) is 0 Å². The Morgan fingerprint density at radius 3 is 2.26 bits per heavy atom. The third-order valence-corrected chi connectivity index (χ3v) is 4.96. The zero-order chi connectivity index (χ0) is 17.7. The maximum Gasteiger partial charge on any atom is 0.481 e. The molecule has 0 aromatic heterocycles. The van der Waals surface area contributed by atoms with Gasteiger partial charge in [0.05, 0.1) is 12.1 Å². The molecule has 0 aliphatic carbocycles. The van der Waals surface area contributed by atoms with E-state index >= 15 is 0 Å². The van der Waals surface area contributed by atoms with Crippen LogP contribution in [0.4, 0.5) is 4.79 Å². The molecule has 0 spiro atoms. The molecule has 1 aromatic carbocycles. The Hall–Kier alpha value is -1.25. The number of nitrogens with one attached hydrogen (secondary N) is 1. The molecule has 1 amide bonds. The van der Waals surface area contributed by atoms with Gasteiger partial charge in [-0.05, 0) is 18.9 Å². The summed E-state index contributed by atoms with van der Waals surface area (Å²) >= 11 is 0. The molecule has 0 fully saturated rings. The zero-order valence-electron chi connectivity index (χ0n) is 12.0. The standard InChI is InChI=1S/C11H17NO9P2/c1-8(20-23(18,19)21-22(15,16)17)10(12-11(13)14)7-9-5-3-2-4-6-9/h2-6,8,10,12H,7H2,1H3,(H,13,14)(H,18,19)(H2,15,16,17). The highest BCUT2D eigenvalue weighted by molar-refractivity contribution is 7.60. The number of hydrogen-bond donors (Lipinski definition) is 5. The van der Waals surface area contributed by atoms with Crippen molar-refractivity contribution in [2.45, 2.75) is 25.5 Å². The molecule has 5 N–H and O–H groups in total. The fourth-order valence-electron chi connectivity index (χ4n) is 1.80. The van der Waals surface area contributed by atoms with Crippen LogP contribution >= 0.6 is 15.6 Å². The molecule has 0 bridgehead atoms. The van der Waals surface area contributed by atoms with Gasteiger partial charge in [0, 0.05) is 0 Å². The molecule has 10 nitrogen and oxygen atoms in total. The Morgan fingerprint density at radius 1 is 1.22 bits per heavy atom. The molecule has 0 saturated carbocycles. The van der Waals surface area contributed by atoms with Gasteiger partial charge in [-0.15, -0.1) is 0 Å². The first-order chi connectivity index (χ1) is 10.5. The van der Waals surface area contributed by atoms with Crippen LogP contribution in [-0.2, 0) is 24.4 Å². The number of rotatable bonds is 8. The maximum absolute atomic E-state index is 11.5. The van der Waals surface area contributed by atoms with Crippen LogP contribution in [0.3, 0.4) is 0 Å². The van der Waals surface area contributed by atoms with Crippen LogP contribution in [0, 0.1) is 0 Å². The van der Waals surface area contributed by atoms with E-state index in [1.165, 1.54) is 6.92 Å². The van der Waals surface area contributed by atoms with E-state index in [4.69, 9.17) is 14.9 Å². The molecule has 130 valence electrons. The highest BCUT2D eigenvalue weighted by atomic mass is 31.3. The van der Waals surface area contributed by atoms with Crippen molar-refractivity contribution in [1.82, 2.24) is 5.32 Å². The number of carboxylic acid groups (broad SMARTS) is 1. The van der Waals surface area contributed by atoms with E-state index < -0.39 is 33.9 Å². The summed E-state index contributed by atoms with van der Waals surface area (Å²) in [6.07, 6.45) is -2.46. The smallest absolute Gasteiger partial charge is 0.465 e. The summed E-state index contributed by atoms with van der Waals surface area (Å²) < 4.78 is 30.4. The molecule has 1 aromatic rings. The summed E-state index contributed by atoms with van der Waals surface area (Å²) in [7, 11) is -10.3. The van der Waals surface area contributed by atoms with Gasteiger partial charge in [0.15, 0.2) is 0 Å². The summed E-state index contributed by atoms with van der Waals surface area (Å²) in [5.74, 6) is 0. The van der Waals surface area contributed by atoms with Gasteiger partial charge in [-0.25, -0.2) is 13.9 Å². The monoisotopic (exact) mass is 369 g/mol. The normalized spacial score (nSPS) is 17.0. The Bertz CT molecular complexity index is 617. The van der Waals surface area contributed by atoms with E-state index in [2.05, 4.69) is 14.2 Å².